The average Bonchev–Trinajstić information content (AvgIpc) is 2.29. The summed E-state index contributed by atoms with van der Waals surface area (Å²) in [7, 11) is 0. The zero-order valence-corrected chi connectivity index (χ0v) is 9.13. The van der Waals surface area contributed by atoms with E-state index >= 15 is 0 Å². The van der Waals surface area contributed by atoms with E-state index in [4.69, 9.17) is 0 Å². The molecule has 0 bridgehead atoms. The van der Waals surface area contributed by atoms with E-state index in [9.17, 15) is 26.7 Å². The zero-order chi connectivity index (χ0) is 13.3. The van der Waals surface area contributed by atoms with Gasteiger partial charge in [0.2, 0.25) is 34.8 Å². The molecule has 1 aromatic carbocycles. The molecule has 94 valence electrons. The summed E-state index contributed by atoms with van der Waals surface area (Å²) in [6, 6.07) is 0. The fraction of sp³-hybridized carbons (Fsp3) is 0.222. The van der Waals surface area contributed by atoms with Gasteiger partial charge in [0.25, 0.3) is 0 Å². The third kappa shape index (κ3) is 2.51. The van der Waals surface area contributed by atoms with Gasteiger partial charge < -0.3 is 4.74 Å². The van der Waals surface area contributed by atoms with Crippen LogP contribution in [0.2, 0.25) is 0 Å². The number of hydrogen-bond acceptors (Lipinski definition) is 3. The first-order valence-electron chi connectivity index (χ1n) is 4.18. The van der Waals surface area contributed by atoms with Gasteiger partial charge in [-0.25, -0.2) is 13.2 Å². The van der Waals surface area contributed by atoms with Gasteiger partial charge in [-0.2, -0.15) is 21.4 Å². The lowest BCUT2D eigenvalue weighted by atomic mass is 10.2. The molecule has 0 aromatic heterocycles. The van der Waals surface area contributed by atoms with Crippen LogP contribution in [-0.4, -0.2) is 11.2 Å². The number of benzene rings is 1. The van der Waals surface area contributed by atoms with E-state index in [2.05, 4.69) is 17.4 Å². The molecule has 0 fully saturated rings. The number of hydrogen-bond donors (Lipinski definition) is 1. The summed E-state index contributed by atoms with van der Waals surface area (Å²) in [5.74, 6) is -14.0. The lowest BCUT2D eigenvalue weighted by Crippen LogP contribution is -2.20. The first-order chi connectivity index (χ1) is 7.77. The second-order valence-electron chi connectivity index (χ2n) is 3.00. The molecule has 0 N–H and O–H groups in total. The summed E-state index contributed by atoms with van der Waals surface area (Å²) >= 11 is 3.58. The summed E-state index contributed by atoms with van der Waals surface area (Å²) < 4.78 is 68.0. The Balaban J connectivity index is 3.30. The highest BCUT2D eigenvalue weighted by molar-refractivity contribution is 7.81. The van der Waals surface area contributed by atoms with E-state index in [1.807, 2.05) is 0 Å². The van der Waals surface area contributed by atoms with Gasteiger partial charge >= 0.3 is 5.97 Å². The molecule has 0 saturated carbocycles. The minimum absolute atomic E-state index is 1.08. The summed E-state index contributed by atoms with van der Waals surface area (Å²) in [6.07, 6.45) is 0. The van der Waals surface area contributed by atoms with Gasteiger partial charge in [0.05, 0.1) is 5.25 Å². The van der Waals surface area contributed by atoms with Crippen molar-refractivity contribution in [1.82, 2.24) is 0 Å². The van der Waals surface area contributed by atoms with Crippen LogP contribution in [0.3, 0.4) is 0 Å². The minimum atomic E-state index is -2.32. The monoisotopic (exact) mass is 272 g/mol. The molecular weight excluding hydrogens is 267 g/mol. The van der Waals surface area contributed by atoms with Gasteiger partial charge in [0.1, 0.15) is 0 Å². The number of esters is 1. The van der Waals surface area contributed by atoms with E-state index < -0.39 is 46.1 Å². The van der Waals surface area contributed by atoms with Crippen molar-refractivity contribution < 1.29 is 31.5 Å². The molecular formula is C9H5F5O2S. The molecule has 0 amide bonds. The Bertz CT molecular complexity index is 446. The fourth-order valence-corrected chi connectivity index (χ4v) is 0.913. The van der Waals surface area contributed by atoms with E-state index in [0.29, 0.717) is 0 Å². The van der Waals surface area contributed by atoms with E-state index in [1.165, 1.54) is 6.92 Å². The van der Waals surface area contributed by atoms with Crippen LogP contribution in [0.1, 0.15) is 6.92 Å². The lowest BCUT2D eigenvalue weighted by Gasteiger charge is -2.09. The predicted molar refractivity (Wildman–Crippen MR) is 50.3 cm³/mol. The number of carbonyl (C=O) groups is 1. The molecule has 1 aromatic rings. The van der Waals surface area contributed by atoms with Crippen molar-refractivity contribution in [2.45, 2.75) is 12.2 Å². The van der Waals surface area contributed by atoms with Crippen LogP contribution in [0.4, 0.5) is 22.0 Å². The molecule has 8 heteroatoms. The quantitative estimate of drug-likeness (QED) is 0.224. The van der Waals surface area contributed by atoms with E-state index in [-0.39, 0.29) is 0 Å². The van der Waals surface area contributed by atoms with Crippen LogP contribution in [0.25, 0.3) is 0 Å². The Morgan fingerprint density at radius 3 is 1.71 bits per heavy atom. The van der Waals surface area contributed by atoms with Gasteiger partial charge in [-0.1, -0.05) is 0 Å². The molecule has 1 rings (SSSR count). The summed E-state index contributed by atoms with van der Waals surface area (Å²) in [4.78, 5) is 11.0. The maximum Gasteiger partial charge on any atom is 0.324 e. The minimum Gasteiger partial charge on any atom is -0.419 e. The summed E-state index contributed by atoms with van der Waals surface area (Å²) in [5, 5.41) is -1.08. The largest absolute Gasteiger partial charge is 0.419 e. The molecule has 0 radical (unpaired) electrons. The Morgan fingerprint density at radius 2 is 1.35 bits per heavy atom. The second kappa shape index (κ2) is 4.91. The van der Waals surface area contributed by atoms with Crippen molar-refractivity contribution in [1.29, 1.82) is 0 Å². The third-order valence-electron chi connectivity index (χ3n) is 1.71. The number of halogens is 5. The van der Waals surface area contributed by atoms with Crippen molar-refractivity contribution in [3.63, 3.8) is 0 Å². The maximum absolute atomic E-state index is 13.0. The Hall–Kier alpha value is -1.31. The van der Waals surface area contributed by atoms with Crippen LogP contribution in [0.5, 0.6) is 5.75 Å². The van der Waals surface area contributed by atoms with Gasteiger partial charge in [0.15, 0.2) is 0 Å². The molecule has 0 aliphatic carbocycles. The SMILES string of the molecule is CC(S)C(=O)Oc1c(F)c(F)c(F)c(F)c1F. The maximum atomic E-state index is 13.0. The van der Waals surface area contributed by atoms with Crippen molar-refractivity contribution in [3.8, 4) is 5.75 Å². The molecule has 1 unspecified atom stereocenters. The molecule has 17 heavy (non-hydrogen) atoms. The number of carbonyl (C=O) groups excluding carboxylic acids is 1. The highest BCUT2D eigenvalue weighted by Gasteiger charge is 2.29. The fourth-order valence-electron chi connectivity index (χ4n) is 0.860. The number of rotatable bonds is 2. The molecule has 0 spiro atoms. The third-order valence-corrected chi connectivity index (χ3v) is 1.92. The van der Waals surface area contributed by atoms with Gasteiger partial charge in [0, 0.05) is 0 Å². The molecule has 1 atom stereocenters. The molecule has 0 saturated heterocycles. The molecule has 0 heterocycles. The van der Waals surface area contributed by atoms with Gasteiger partial charge in [-0.05, 0) is 6.92 Å². The first kappa shape index (κ1) is 13.8. The molecule has 0 aliphatic heterocycles. The Morgan fingerprint density at radius 1 is 1.00 bits per heavy atom. The standard InChI is InChI=1S/C9H5F5O2S/c1-2(17)9(15)16-8-6(13)4(11)3(10)5(12)7(8)14/h2,17H,1H3. The van der Waals surface area contributed by atoms with Gasteiger partial charge in [-0.15, -0.1) is 0 Å². The zero-order valence-electron chi connectivity index (χ0n) is 8.23. The van der Waals surface area contributed by atoms with Crippen LogP contribution in [0.15, 0.2) is 0 Å². The molecule has 2 nitrogen and oxygen atoms in total. The topological polar surface area (TPSA) is 26.3 Å². The highest BCUT2D eigenvalue weighted by atomic mass is 32.1. The molecule has 0 aliphatic rings. The number of ether oxygens (including phenoxy) is 1. The summed E-state index contributed by atoms with van der Waals surface area (Å²) in [6.45, 7) is 1.21. The van der Waals surface area contributed by atoms with Crippen LogP contribution in [0, 0.1) is 29.1 Å². The van der Waals surface area contributed by atoms with Crippen molar-refractivity contribution in [2.24, 2.45) is 0 Å². The van der Waals surface area contributed by atoms with E-state index in [0.717, 1.165) is 0 Å². The van der Waals surface area contributed by atoms with Crippen LogP contribution < -0.4 is 4.74 Å². The second-order valence-corrected chi connectivity index (χ2v) is 3.77. The van der Waals surface area contributed by atoms with Gasteiger partial charge in [-0.3, -0.25) is 4.79 Å². The van der Waals surface area contributed by atoms with Crippen molar-refractivity contribution in [3.05, 3.63) is 29.1 Å². The Labute approximate surface area is 97.8 Å². The normalized spacial score (nSPS) is 12.4. The number of thiol groups is 1. The smallest absolute Gasteiger partial charge is 0.324 e. The first-order valence-corrected chi connectivity index (χ1v) is 4.70. The van der Waals surface area contributed by atoms with E-state index in [1.54, 1.807) is 0 Å². The van der Waals surface area contributed by atoms with Crippen molar-refractivity contribution >= 4 is 18.6 Å². The highest BCUT2D eigenvalue weighted by Crippen LogP contribution is 2.29. The Kier molecular flexibility index (Phi) is 3.97. The average molecular weight is 272 g/mol. The predicted octanol–water partition coefficient (Wildman–Crippen LogP) is 2.61. The lowest BCUT2D eigenvalue weighted by molar-refractivity contribution is -0.133. The van der Waals surface area contributed by atoms with Crippen molar-refractivity contribution in [2.75, 3.05) is 0 Å². The summed E-state index contributed by atoms with van der Waals surface area (Å²) in [5.41, 5.74) is 0. The van der Waals surface area contributed by atoms with Crippen LogP contribution >= 0.6 is 12.6 Å². The van der Waals surface area contributed by atoms with Crippen LogP contribution in [-0.2, 0) is 4.79 Å².